The summed E-state index contributed by atoms with van der Waals surface area (Å²) in [5.74, 6) is 0.692. The van der Waals surface area contributed by atoms with Gasteiger partial charge in [-0.15, -0.1) is 0 Å². The van der Waals surface area contributed by atoms with Crippen LogP contribution in [-0.2, 0) is 4.79 Å². The number of amides is 1. The van der Waals surface area contributed by atoms with Crippen molar-refractivity contribution in [2.45, 2.75) is 19.8 Å². The van der Waals surface area contributed by atoms with Crippen molar-refractivity contribution < 1.29 is 4.79 Å². The molecule has 0 aromatic heterocycles. The molecule has 1 amide bonds. The van der Waals surface area contributed by atoms with Crippen LogP contribution in [0.15, 0.2) is 30.3 Å². The van der Waals surface area contributed by atoms with Gasteiger partial charge in [-0.3, -0.25) is 4.79 Å². The molecule has 1 saturated heterocycles. The van der Waals surface area contributed by atoms with Gasteiger partial charge >= 0.3 is 0 Å². The molecule has 0 radical (unpaired) electrons. The van der Waals surface area contributed by atoms with Crippen LogP contribution in [0.2, 0.25) is 5.02 Å². The van der Waals surface area contributed by atoms with E-state index in [-0.39, 0.29) is 5.91 Å². The van der Waals surface area contributed by atoms with Gasteiger partial charge in [-0.1, -0.05) is 36.7 Å². The van der Waals surface area contributed by atoms with Gasteiger partial charge in [-0.05, 0) is 36.5 Å². The molecule has 1 aromatic carbocycles. The molecule has 0 aliphatic carbocycles. The molecule has 18 heavy (non-hydrogen) atoms. The Balaban J connectivity index is 2.01. The smallest absolute Gasteiger partial charge is 0.246 e. The molecular formula is C15H18ClNO. The summed E-state index contributed by atoms with van der Waals surface area (Å²) in [4.78, 5) is 13.9. The molecular weight excluding hydrogens is 246 g/mol. The van der Waals surface area contributed by atoms with Crippen molar-refractivity contribution in [3.63, 3.8) is 0 Å². The first-order chi connectivity index (χ1) is 8.66. The van der Waals surface area contributed by atoms with Gasteiger partial charge in [0.25, 0.3) is 0 Å². The van der Waals surface area contributed by atoms with Crippen molar-refractivity contribution in [3.8, 4) is 0 Å². The Hall–Kier alpha value is -1.28. The molecule has 2 nitrogen and oxygen atoms in total. The number of hydrogen-bond donors (Lipinski definition) is 0. The van der Waals surface area contributed by atoms with Crippen LogP contribution in [0.3, 0.4) is 0 Å². The van der Waals surface area contributed by atoms with Crippen LogP contribution < -0.4 is 0 Å². The van der Waals surface area contributed by atoms with Crippen LogP contribution in [0, 0.1) is 5.92 Å². The molecule has 1 aromatic rings. The predicted octanol–water partition coefficient (Wildman–Crippen LogP) is 3.61. The quantitative estimate of drug-likeness (QED) is 0.747. The molecule has 1 heterocycles. The Morgan fingerprint density at radius 2 is 2.22 bits per heavy atom. The first kappa shape index (κ1) is 13.2. The van der Waals surface area contributed by atoms with E-state index in [2.05, 4.69) is 6.92 Å². The summed E-state index contributed by atoms with van der Waals surface area (Å²) in [6.45, 7) is 3.93. The van der Waals surface area contributed by atoms with Crippen molar-refractivity contribution in [1.82, 2.24) is 4.90 Å². The topological polar surface area (TPSA) is 20.3 Å². The maximum absolute atomic E-state index is 12.0. The number of carbonyl (C=O) groups excluding carboxylic acids is 1. The van der Waals surface area contributed by atoms with Crippen LogP contribution >= 0.6 is 11.6 Å². The molecule has 0 bridgehead atoms. The lowest BCUT2D eigenvalue weighted by molar-refractivity contribution is -0.127. The third-order valence-electron chi connectivity index (χ3n) is 3.28. The van der Waals surface area contributed by atoms with Crippen molar-refractivity contribution in [2.24, 2.45) is 5.92 Å². The highest BCUT2D eigenvalue weighted by atomic mass is 35.5. The summed E-state index contributed by atoms with van der Waals surface area (Å²) in [6.07, 6.45) is 5.74. The largest absolute Gasteiger partial charge is 0.339 e. The summed E-state index contributed by atoms with van der Waals surface area (Å²) < 4.78 is 0. The summed E-state index contributed by atoms with van der Waals surface area (Å²) in [5.41, 5.74) is 0.887. The molecule has 0 unspecified atom stereocenters. The average molecular weight is 264 g/mol. The van der Waals surface area contributed by atoms with Crippen molar-refractivity contribution in [1.29, 1.82) is 0 Å². The van der Waals surface area contributed by atoms with E-state index in [1.54, 1.807) is 12.2 Å². The third-order valence-corrected chi connectivity index (χ3v) is 3.62. The Kier molecular flexibility index (Phi) is 4.43. The summed E-state index contributed by atoms with van der Waals surface area (Å²) >= 11 is 6.04. The highest BCUT2D eigenvalue weighted by molar-refractivity contribution is 6.32. The monoisotopic (exact) mass is 263 g/mol. The molecule has 96 valence electrons. The predicted molar refractivity (Wildman–Crippen MR) is 75.5 cm³/mol. The minimum atomic E-state index is 0.0847. The van der Waals surface area contributed by atoms with E-state index in [0.717, 1.165) is 25.1 Å². The van der Waals surface area contributed by atoms with Crippen molar-refractivity contribution in [3.05, 3.63) is 40.9 Å². The van der Waals surface area contributed by atoms with E-state index >= 15 is 0 Å². The van der Waals surface area contributed by atoms with Crippen LogP contribution in [-0.4, -0.2) is 23.9 Å². The first-order valence-corrected chi connectivity index (χ1v) is 6.76. The van der Waals surface area contributed by atoms with Gasteiger partial charge in [0.2, 0.25) is 5.91 Å². The van der Waals surface area contributed by atoms with Gasteiger partial charge in [0.1, 0.15) is 0 Å². The van der Waals surface area contributed by atoms with Crippen molar-refractivity contribution >= 4 is 23.6 Å². The fourth-order valence-corrected chi connectivity index (χ4v) is 2.47. The maximum atomic E-state index is 12.0. The van der Waals surface area contributed by atoms with Crippen LogP contribution in [0.1, 0.15) is 25.3 Å². The summed E-state index contributed by atoms with van der Waals surface area (Å²) in [5, 5.41) is 0.675. The van der Waals surface area contributed by atoms with Crippen LogP contribution in [0.4, 0.5) is 0 Å². The molecule has 1 aliphatic heterocycles. The highest BCUT2D eigenvalue weighted by Gasteiger charge is 2.18. The lowest BCUT2D eigenvalue weighted by Crippen LogP contribution is -2.38. The number of rotatable bonds is 2. The van der Waals surface area contributed by atoms with Crippen LogP contribution in [0.25, 0.3) is 6.08 Å². The number of hydrogen-bond acceptors (Lipinski definition) is 1. The number of carbonyl (C=O) groups is 1. The second kappa shape index (κ2) is 6.05. The number of nitrogens with zero attached hydrogens (tertiary/aromatic N) is 1. The van der Waals surface area contributed by atoms with Gasteiger partial charge in [0.05, 0.1) is 0 Å². The SMILES string of the molecule is C[C@@H]1CCCN(C(=O)/C=C/c2ccccc2Cl)C1. The number of piperidine rings is 1. The van der Waals surface area contributed by atoms with E-state index in [0.29, 0.717) is 10.9 Å². The zero-order chi connectivity index (χ0) is 13.0. The Labute approximate surface area is 113 Å². The molecule has 0 N–H and O–H groups in total. The lowest BCUT2D eigenvalue weighted by atomic mass is 10.0. The van der Waals surface area contributed by atoms with E-state index in [1.807, 2.05) is 29.2 Å². The van der Waals surface area contributed by atoms with E-state index in [1.165, 1.54) is 6.42 Å². The highest BCUT2D eigenvalue weighted by Crippen LogP contribution is 2.18. The second-order valence-electron chi connectivity index (χ2n) is 4.89. The number of benzene rings is 1. The summed E-state index contributed by atoms with van der Waals surface area (Å²) in [7, 11) is 0. The van der Waals surface area contributed by atoms with Gasteiger partial charge in [-0.2, -0.15) is 0 Å². The molecule has 3 heteroatoms. The van der Waals surface area contributed by atoms with E-state index < -0.39 is 0 Å². The van der Waals surface area contributed by atoms with E-state index in [4.69, 9.17) is 11.6 Å². The Bertz CT molecular complexity index is 456. The fourth-order valence-electron chi connectivity index (χ4n) is 2.27. The molecule has 1 fully saturated rings. The van der Waals surface area contributed by atoms with E-state index in [9.17, 15) is 4.79 Å². The number of halogens is 1. The minimum absolute atomic E-state index is 0.0847. The number of likely N-dealkylation sites (tertiary alicyclic amines) is 1. The molecule has 0 saturated carbocycles. The standard InChI is InChI=1S/C15H18ClNO/c1-12-5-4-10-17(11-12)15(18)9-8-13-6-2-3-7-14(13)16/h2-3,6-9,12H,4-5,10-11H2,1H3/b9-8+/t12-/m1/s1. The fraction of sp³-hybridized carbons (Fsp3) is 0.400. The molecule has 0 spiro atoms. The Morgan fingerprint density at radius 1 is 1.44 bits per heavy atom. The van der Waals surface area contributed by atoms with Gasteiger partial charge in [0, 0.05) is 24.2 Å². The van der Waals surface area contributed by atoms with Crippen LogP contribution in [0.5, 0.6) is 0 Å². The first-order valence-electron chi connectivity index (χ1n) is 6.38. The maximum Gasteiger partial charge on any atom is 0.246 e. The van der Waals surface area contributed by atoms with Gasteiger partial charge < -0.3 is 4.90 Å². The lowest BCUT2D eigenvalue weighted by Gasteiger charge is -2.30. The summed E-state index contributed by atoms with van der Waals surface area (Å²) in [6, 6.07) is 7.53. The second-order valence-corrected chi connectivity index (χ2v) is 5.29. The minimum Gasteiger partial charge on any atom is -0.339 e. The average Bonchev–Trinajstić information content (AvgIpc) is 2.37. The normalized spacial score (nSPS) is 20.3. The van der Waals surface area contributed by atoms with Gasteiger partial charge in [-0.25, -0.2) is 0 Å². The molecule has 1 atom stereocenters. The van der Waals surface area contributed by atoms with Crippen molar-refractivity contribution in [2.75, 3.05) is 13.1 Å². The molecule has 1 aliphatic rings. The zero-order valence-corrected chi connectivity index (χ0v) is 11.4. The van der Waals surface area contributed by atoms with Gasteiger partial charge in [0.15, 0.2) is 0 Å². The molecule has 2 rings (SSSR count). The zero-order valence-electron chi connectivity index (χ0n) is 10.6. The Morgan fingerprint density at radius 3 is 2.94 bits per heavy atom. The third kappa shape index (κ3) is 3.36.